The van der Waals surface area contributed by atoms with E-state index in [-0.39, 0.29) is 0 Å². The van der Waals surface area contributed by atoms with E-state index < -0.39 is 5.91 Å². The molecule has 0 radical (unpaired) electrons. The Kier molecular flexibility index (Phi) is 2.53. The van der Waals surface area contributed by atoms with Crippen molar-refractivity contribution < 1.29 is 4.79 Å². The predicted molar refractivity (Wildman–Crippen MR) is 71.4 cm³/mol. The van der Waals surface area contributed by atoms with Crippen molar-refractivity contribution in [3.63, 3.8) is 0 Å². The molecular formula is C13H9N3OS. The molecule has 0 unspecified atom stereocenters. The van der Waals surface area contributed by atoms with Crippen LogP contribution >= 0.6 is 11.3 Å². The first-order chi connectivity index (χ1) is 8.77. The van der Waals surface area contributed by atoms with Crippen molar-refractivity contribution in [3.8, 4) is 11.3 Å². The lowest BCUT2D eigenvalue weighted by atomic mass is 10.1. The van der Waals surface area contributed by atoms with Crippen molar-refractivity contribution in [1.29, 1.82) is 0 Å². The Balaban J connectivity index is 2.30. The van der Waals surface area contributed by atoms with Gasteiger partial charge in [-0.1, -0.05) is 0 Å². The average Bonchev–Trinajstić information content (AvgIpc) is 2.82. The summed E-state index contributed by atoms with van der Waals surface area (Å²) in [6, 6.07) is 5.32. The Morgan fingerprint density at radius 1 is 1.28 bits per heavy atom. The Morgan fingerprint density at radius 3 is 3.00 bits per heavy atom. The summed E-state index contributed by atoms with van der Waals surface area (Å²) in [5.41, 5.74) is 7.37. The number of hydrogen-bond donors (Lipinski definition) is 1. The molecule has 1 amide bonds. The van der Waals surface area contributed by atoms with E-state index in [1.165, 1.54) is 0 Å². The second-order valence-corrected chi connectivity index (χ2v) is 4.70. The summed E-state index contributed by atoms with van der Waals surface area (Å²) in [6.07, 6.45) is 5.19. The van der Waals surface area contributed by atoms with Gasteiger partial charge < -0.3 is 5.73 Å². The van der Waals surface area contributed by atoms with Crippen LogP contribution in [0, 0.1) is 0 Å². The van der Waals surface area contributed by atoms with E-state index in [9.17, 15) is 4.79 Å². The molecular weight excluding hydrogens is 246 g/mol. The van der Waals surface area contributed by atoms with Gasteiger partial charge in [0.1, 0.15) is 0 Å². The molecule has 18 heavy (non-hydrogen) atoms. The molecule has 5 heteroatoms. The fraction of sp³-hybridized carbons (Fsp3) is 0. The molecule has 3 rings (SSSR count). The van der Waals surface area contributed by atoms with Gasteiger partial charge in [0.15, 0.2) is 0 Å². The maximum Gasteiger partial charge on any atom is 0.250 e. The summed E-state index contributed by atoms with van der Waals surface area (Å²) in [6.45, 7) is 0. The van der Waals surface area contributed by atoms with Gasteiger partial charge >= 0.3 is 0 Å². The molecule has 0 aliphatic rings. The van der Waals surface area contributed by atoms with Crippen LogP contribution in [0.15, 0.2) is 42.2 Å². The third-order valence-electron chi connectivity index (χ3n) is 2.71. The Hall–Kier alpha value is -2.27. The lowest BCUT2D eigenvalue weighted by molar-refractivity contribution is 0.100. The third-order valence-corrected chi connectivity index (χ3v) is 3.64. The molecule has 0 aliphatic carbocycles. The Bertz CT molecular complexity index is 736. The summed E-state index contributed by atoms with van der Waals surface area (Å²) in [4.78, 5) is 19.8. The number of thiophene rings is 1. The van der Waals surface area contributed by atoms with Crippen LogP contribution in [-0.4, -0.2) is 15.9 Å². The molecule has 0 fully saturated rings. The number of aromatic nitrogens is 2. The van der Waals surface area contributed by atoms with Crippen molar-refractivity contribution in [2.24, 2.45) is 5.73 Å². The molecule has 0 saturated heterocycles. The highest BCUT2D eigenvalue weighted by Crippen LogP contribution is 2.33. The molecule has 0 aliphatic heterocycles. The SMILES string of the molecule is NC(=O)c1cccnc1-c1csc2cnccc12. The predicted octanol–water partition coefficient (Wildman–Crippen LogP) is 2.46. The van der Waals surface area contributed by atoms with Crippen LogP contribution in [0.25, 0.3) is 21.3 Å². The summed E-state index contributed by atoms with van der Waals surface area (Å²) in [5, 5.41) is 3.01. The molecule has 0 atom stereocenters. The maximum absolute atomic E-state index is 11.4. The molecule has 3 heterocycles. The second kappa shape index (κ2) is 4.19. The zero-order valence-corrected chi connectivity index (χ0v) is 10.1. The zero-order chi connectivity index (χ0) is 12.5. The number of nitrogens with zero attached hydrogens (tertiary/aromatic N) is 2. The van der Waals surface area contributed by atoms with E-state index in [1.54, 1.807) is 42.1 Å². The number of rotatable bonds is 2. The first kappa shape index (κ1) is 10.9. The van der Waals surface area contributed by atoms with Crippen molar-refractivity contribution in [2.45, 2.75) is 0 Å². The van der Waals surface area contributed by atoms with E-state index in [2.05, 4.69) is 9.97 Å². The van der Waals surface area contributed by atoms with Gasteiger partial charge in [-0.15, -0.1) is 11.3 Å². The number of pyridine rings is 2. The lowest BCUT2D eigenvalue weighted by Gasteiger charge is -2.03. The largest absolute Gasteiger partial charge is 0.366 e. The topological polar surface area (TPSA) is 68.9 Å². The molecule has 88 valence electrons. The second-order valence-electron chi connectivity index (χ2n) is 3.79. The summed E-state index contributed by atoms with van der Waals surface area (Å²) < 4.78 is 1.06. The van der Waals surface area contributed by atoms with Gasteiger partial charge in [-0.25, -0.2) is 0 Å². The van der Waals surface area contributed by atoms with E-state index in [0.29, 0.717) is 11.3 Å². The minimum Gasteiger partial charge on any atom is -0.366 e. The van der Waals surface area contributed by atoms with Crippen LogP contribution in [-0.2, 0) is 0 Å². The first-order valence-corrected chi connectivity index (χ1v) is 6.22. The minimum absolute atomic E-state index is 0.439. The van der Waals surface area contributed by atoms with E-state index in [1.807, 2.05) is 11.4 Å². The summed E-state index contributed by atoms with van der Waals surface area (Å²) >= 11 is 1.57. The number of carbonyl (C=O) groups is 1. The van der Waals surface area contributed by atoms with Gasteiger partial charge in [0.05, 0.1) is 16.0 Å². The first-order valence-electron chi connectivity index (χ1n) is 5.34. The quantitative estimate of drug-likeness (QED) is 0.764. The highest BCUT2D eigenvalue weighted by molar-refractivity contribution is 7.17. The number of nitrogens with two attached hydrogens (primary N) is 1. The van der Waals surface area contributed by atoms with Crippen LogP contribution < -0.4 is 5.73 Å². The summed E-state index contributed by atoms with van der Waals surface area (Å²) in [5.74, 6) is -0.466. The molecule has 0 saturated carbocycles. The van der Waals surface area contributed by atoms with Crippen molar-refractivity contribution in [3.05, 3.63) is 47.7 Å². The molecule has 3 aromatic heterocycles. The molecule has 4 nitrogen and oxygen atoms in total. The molecule has 2 N–H and O–H groups in total. The van der Waals surface area contributed by atoms with Gasteiger partial charge in [0, 0.05) is 34.9 Å². The standard InChI is InChI=1S/C13H9N3OS/c14-13(17)9-2-1-4-16-12(9)10-7-18-11-6-15-5-3-8(10)11/h1-7H,(H2,14,17). The van der Waals surface area contributed by atoms with E-state index in [4.69, 9.17) is 5.73 Å². The van der Waals surface area contributed by atoms with Crippen molar-refractivity contribution in [2.75, 3.05) is 0 Å². The molecule has 3 aromatic rings. The van der Waals surface area contributed by atoms with E-state index >= 15 is 0 Å². The fourth-order valence-electron chi connectivity index (χ4n) is 1.88. The average molecular weight is 255 g/mol. The van der Waals surface area contributed by atoms with Crippen LogP contribution in [0.3, 0.4) is 0 Å². The molecule has 0 spiro atoms. The van der Waals surface area contributed by atoms with Crippen LogP contribution in [0.1, 0.15) is 10.4 Å². The number of carbonyl (C=O) groups excluding carboxylic acids is 1. The third kappa shape index (κ3) is 1.65. The van der Waals surface area contributed by atoms with Gasteiger partial charge in [0.2, 0.25) is 0 Å². The van der Waals surface area contributed by atoms with Crippen LogP contribution in [0.5, 0.6) is 0 Å². The van der Waals surface area contributed by atoms with Gasteiger partial charge in [0.25, 0.3) is 5.91 Å². The zero-order valence-electron chi connectivity index (χ0n) is 9.33. The smallest absolute Gasteiger partial charge is 0.250 e. The fourth-order valence-corrected chi connectivity index (χ4v) is 2.79. The minimum atomic E-state index is -0.466. The van der Waals surface area contributed by atoms with Gasteiger partial charge in [-0.2, -0.15) is 0 Å². The Labute approximate surface area is 107 Å². The van der Waals surface area contributed by atoms with E-state index in [0.717, 1.165) is 15.6 Å². The summed E-state index contributed by atoms with van der Waals surface area (Å²) in [7, 11) is 0. The van der Waals surface area contributed by atoms with Gasteiger partial charge in [-0.05, 0) is 18.2 Å². The van der Waals surface area contributed by atoms with Crippen LogP contribution in [0.2, 0.25) is 0 Å². The Morgan fingerprint density at radius 2 is 2.17 bits per heavy atom. The highest BCUT2D eigenvalue weighted by atomic mass is 32.1. The van der Waals surface area contributed by atoms with Gasteiger partial charge in [-0.3, -0.25) is 14.8 Å². The number of primary amides is 1. The number of hydrogen-bond acceptors (Lipinski definition) is 4. The van der Waals surface area contributed by atoms with Crippen molar-refractivity contribution >= 4 is 27.3 Å². The molecule has 0 bridgehead atoms. The molecule has 0 aromatic carbocycles. The highest BCUT2D eigenvalue weighted by Gasteiger charge is 2.14. The lowest BCUT2D eigenvalue weighted by Crippen LogP contribution is -2.12. The maximum atomic E-state index is 11.4. The number of amides is 1. The normalized spacial score (nSPS) is 10.7. The number of fused-ring (bicyclic) bond motifs is 1. The van der Waals surface area contributed by atoms with Crippen molar-refractivity contribution in [1.82, 2.24) is 9.97 Å². The monoisotopic (exact) mass is 255 g/mol. The van der Waals surface area contributed by atoms with Crippen LogP contribution in [0.4, 0.5) is 0 Å².